The summed E-state index contributed by atoms with van der Waals surface area (Å²) in [6, 6.07) is 10.3. The molecule has 0 bridgehead atoms. The number of esters is 1. The Morgan fingerprint density at radius 1 is 1.20 bits per heavy atom. The maximum atomic E-state index is 12.3. The topological polar surface area (TPSA) is 67.9 Å². The lowest BCUT2D eigenvalue weighted by molar-refractivity contribution is -0.144. The fraction of sp³-hybridized carbons (Fsp3) is 0.579. The molecule has 6 nitrogen and oxygen atoms in total. The van der Waals surface area contributed by atoms with Crippen LogP contribution in [0.4, 0.5) is 0 Å². The van der Waals surface area contributed by atoms with Crippen molar-refractivity contribution in [2.75, 3.05) is 46.5 Å². The van der Waals surface area contributed by atoms with E-state index in [1.54, 1.807) is 18.9 Å². The fourth-order valence-electron chi connectivity index (χ4n) is 2.86. The SMILES string of the molecule is CCOC(=O)CN(CCOC)CC(=O)NCC1(c2ccccc2)CC1. The van der Waals surface area contributed by atoms with Crippen LogP contribution in [0.5, 0.6) is 0 Å². The predicted molar refractivity (Wildman–Crippen MR) is 95.3 cm³/mol. The Morgan fingerprint density at radius 2 is 1.92 bits per heavy atom. The number of methoxy groups -OCH3 is 1. The highest BCUT2D eigenvalue weighted by atomic mass is 16.5. The second-order valence-corrected chi connectivity index (χ2v) is 6.43. The Bertz CT molecular complexity index is 558. The molecule has 0 aromatic heterocycles. The summed E-state index contributed by atoms with van der Waals surface area (Å²) in [7, 11) is 1.60. The van der Waals surface area contributed by atoms with E-state index in [1.165, 1.54) is 5.56 Å². The van der Waals surface area contributed by atoms with Gasteiger partial charge in [0.15, 0.2) is 0 Å². The minimum absolute atomic E-state index is 0.0788. The van der Waals surface area contributed by atoms with E-state index in [4.69, 9.17) is 9.47 Å². The molecular formula is C19H28N2O4. The second kappa shape index (κ2) is 9.53. The summed E-state index contributed by atoms with van der Waals surface area (Å²) in [6.45, 7) is 3.95. The first-order chi connectivity index (χ1) is 12.1. The van der Waals surface area contributed by atoms with Gasteiger partial charge in [0.2, 0.25) is 5.91 Å². The van der Waals surface area contributed by atoms with E-state index in [0.717, 1.165) is 12.8 Å². The van der Waals surface area contributed by atoms with Gasteiger partial charge in [-0.3, -0.25) is 14.5 Å². The van der Waals surface area contributed by atoms with Crippen molar-refractivity contribution in [3.8, 4) is 0 Å². The van der Waals surface area contributed by atoms with Gasteiger partial charge in [-0.05, 0) is 25.3 Å². The van der Waals surface area contributed by atoms with Crippen LogP contribution in [0.3, 0.4) is 0 Å². The Morgan fingerprint density at radius 3 is 2.52 bits per heavy atom. The Hall–Kier alpha value is -1.92. The number of rotatable bonds is 11. The van der Waals surface area contributed by atoms with Crippen molar-refractivity contribution < 1.29 is 19.1 Å². The van der Waals surface area contributed by atoms with Gasteiger partial charge in [-0.25, -0.2) is 0 Å². The molecular weight excluding hydrogens is 320 g/mol. The van der Waals surface area contributed by atoms with E-state index in [2.05, 4.69) is 17.4 Å². The third-order valence-electron chi connectivity index (χ3n) is 4.50. The molecule has 0 unspecified atom stereocenters. The van der Waals surface area contributed by atoms with Gasteiger partial charge in [-0.15, -0.1) is 0 Å². The zero-order valence-electron chi connectivity index (χ0n) is 15.1. The minimum atomic E-state index is -0.325. The number of nitrogens with one attached hydrogen (secondary N) is 1. The van der Waals surface area contributed by atoms with Crippen LogP contribution >= 0.6 is 0 Å². The average Bonchev–Trinajstić information content (AvgIpc) is 3.40. The molecule has 1 aromatic carbocycles. The lowest BCUT2D eigenvalue weighted by atomic mass is 9.96. The van der Waals surface area contributed by atoms with E-state index in [-0.39, 0.29) is 30.4 Å². The van der Waals surface area contributed by atoms with Crippen LogP contribution < -0.4 is 5.32 Å². The number of carbonyl (C=O) groups excluding carboxylic acids is 2. The second-order valence-electron chi connectivity index (χ2n) is 6.43. The molecule has 0 saturated heterocycles. The van der Waals surface area contributed by atoms with Crippen molar-refractivity contribution in [2.45, 2.75) is 25.2 Å². The Kier molecular flexibility index (Phi) is 7.40. The molecule has 138 valence electrons. The Labute approximate surface area is 149 Å². The molecule has 25 heavy (non-hydrogen) atoms. The summed E-state index contributed by atoms with van der Waals surface area (Å²) in [5, 5.41) is 3.02. The summed E-state index contributed by atoms with van der Waals surface area (Å²) < 4.78 is 10.0. The smallest absolute Gasteiger partial charge is 0.320 e. The molecule has 1 aliphatic rings. The van der Waals surface area contributed by atoms with Gasteiger partial charge in [0.1, 0.15) is 0 Å². The van der Waals surface area contributed by atoms with E-state index >= 15 is 0 Å². The molecule has 1 fully saturated rings. The van der Waals surface area contributed by atoms with Gasteiger partial charge >= 0.3 is 5.97 Å². The van der Waals surface area contributed by atoms with E-state index in [9.17, 15) is 9.59 Å². The molecule has 6 heteroatoms. The van der Waals surface area contributed by atoms with Crippen LogP contribution in [-0.4, -0.2) is 63.3 Å². The zero-order chi connectivity index (χ0) is 18.1. The molecule has 1 aliphatic carbocycles. The fourth-order valence-corrected chi connectivity index (χ4v) is 2.86. The number of nitrogens with zero attached hydrogens (tertiary/aromatic N) is 1. The summed E-state index contributed by atoms with van der Waals surface area (Å²) >= 11 is 0. The van der Waals surface area contributed by atoms with Gasteiger partial charge in [0, 0.05) is 25.6 Å². The van der Waals surface area contributed by atoms with E-state index in [0.29, 0.717) is 26.3 Å². The van der Waals surface area contributed by atoms with E-state index in [1.807, 2.05) is 18.2 Å². The van der Waals surface area contributed by atoms with Crippen LogP contribution in [0.2, 0.25) is 0 Å². The number of hydrogen-bond acceptors (Lipinski definition) is 5. The largest absolute Gasteiger partial charge is 0.465 e. The summed E-state index contributed by atoms with van der Waals surface area (Å²) in [4.78, 5) is 25.7. The first-order valence-electron chi connectivity index (χ1n) is 8.79. The molecule has 0 atom stereocenters. The normalized spacial score (nSPS) is 15.0. The summed E-state index contributed by atoms with van der Waals surface area (Å²) in [5.41, 5.74) is 1.35. The molecule has 2 rings (SSSR count). The highest BCUT2D eigenvalue weighted by Gasteiger charge is 2.44. The monoisotopic (exact) mass is 348 g/mol. The molecule has 0 radical (unpaired) electrons. The van der Waals surface area contributed by atoms with Gasteiger partial charge in [0.25, 0.3) is 0 Å². The molecule has 0 spiro atoms. The lowest BCUT2D eigenvalue weighted by Gasteiger charge is -2.22. The maximum Gasteiger partial charge on any atom is 0.320 e. The van der Waals surface area contributed by atoms with Crippen LogP contribution in [0.15, 0.2) is 30.3 Å². The molecule has 1 N–H and O–H groups in total. The van der Waals surface area contributed by atoms with Crippen molar-refractivity contribution in [1.29, 1.82) is 0 Å². The van der Waals surface area contributed by atoms with Gasteiger partial charge in [-0.2, -0.15) is 0 Å². The first kappa shape index (κ1) is 19.4. The zero-order valence-corrected chi connectivity index (χ0v) is 15.1. The number of ether oxygens (including phenoxy) is 2. The van der Waals surface area contributed by atoms with Gasteiger partial charge in [-0.1, -0.05) is 30.3 Å². The molecule has 0 aliphatic heterocycles. The maximum absolute atomic E-state index is 12.3. The van der Waals surface area contributed by atoms with Crippen molar-refractivity contribution in [2.24, 2.45) is 0 Å². The molecule has 1 saturated carbocycles. The number of hydrogen-bond donors (Lipinski definition) is 1. The van der Waals surface area contributed by atoms with E-state index < -0.39 is 0 Å². The van der Waals surface area contributed by atoms with Gasteiger partial charge < -0.3 is 14.8 Å². The lowest BCUT2D eigenvalue weighted by Crippen LogP contribution is -2.43. The van der Waals surface area contributed by atoms with Crippen molar-refractivity contribution in [3.63, 3.8) is 0 Å². The standard InChI is InChI=1S/C19H28N2O4/c1-3-25-18(23)14-21(11-12-24-2)13-17(22)20-15-19(9-10-19)16-7-5-4-6-8-16/h4-8H,3,9-15H2,1-2H3,(H,20,22). The predicted octanol–water partition coefficient (Wildman–Crippen LogP) is 1.35. The molecule has 1 aromatic rings. The van der Waals surface area contributed by atoms with Gasteiger partial charge in [0.05, 0.1) is 26.3 Å². The molecule has 0 heterocycles. The summed E-state index contributed by atoms with van der Waals surface area (Å²) in [6.07, 6.45) is 2.18. The molecule has 1 amide bonds. The number of carbonyl (C=O) groups is 2. The van der Waals surface area contributed by atoms with Crippen LogP contribution in [0, 0.1) is 0 Å². The quantitative estimate of drug-likeness (QED) is 0.612. The van der Waals surface area contributed by atoms with Crippen molar-refractivity contribution >= 4 is 11.9 Å². The first-order valence-corrected chi connectivity index (χ1v) is 8.79. The van der Waals surface area contributed by atoms with Crippen LogP contribution in [0.1, 0.15) is 25.3 Å². The van der Waals surface area contributed by atoms with Crippen molar-refractivity contribution in [3.05, 3.63) is 35.9 Å². The number of benzene rings is 1. The Balaban J connectivity index is 1.83. The summed E-state index contributed by atoms with van der Waals surface area (Å²) in [5.74, 6) is -0.406. The third kappa shape index (κ3) is 6.14. The highest BCUT2D eigenvalue weighted by Crippen LogP contribution is 2.47. The highest BCUT2D eigenvalue weighted by molar-refractivity contribution is 5.79. The number of amides is 1. The van der Waals surface area contributed by atoms with Crippen molar-refractivity contribution in [1.82, 2.24) is 10.2 Å². The minimum Gasteiger partial charge on any atom is -0.465 e. The van der Waals surface area contributed by atoms with Crippen LogP contribution in [-0.2, 0) is 24.5 Å². The third-order valence-corrected chi connectivity index (χ3v) is 4.50. The average molecular weight is 348 g/mol. The van der Waals surface area contributed by atoms with Crippen LogP contribution in [0.25, 0.3) is 0 Å².